The van der Waals surface area contributed by atoms with Gasteiger partial charge < -0.3 is 16.4 Å². The Labute approximate surface area is 137 Å². The van der Waals surface area contributed by atoms with E-state index in [0.717, 1.165) is 11.6 Å². The lowest BCUT2D eigenvalue weighted by Crippen LogP contribution is -2.35. The quantitative estimate of drug-likeness (QED) is 0.783. The molecular weight excluding hydrogens is 321 g/mol. The lowest BCUT2D eigenvalue weighted by atomic mass is 10.0. The van der Waals surface area contributed by atoms with E-state index in [4.69, 9.17) is 17.3 Å². The van der Waals surface area contributed by atoms with Crippen molar-refractivity contribution in [3.05, 3.63) is 64.9 Å². The minimum atomic E-state index is -0.725. The van der Waals surface area contributed by atoms with E-state index in [1.54, 1.807) is 24.3 Å². The number of hydrogen-bond donors (Lipinski definition) is 3. The number of amides is 3. The van der Waals surface area contributed by atoms with Gasteiger partial charge in [0.15, 0.2) is 0 Å². The monoisotopic (exact) mass is 335 g/mol. The van der Waals surface area contributed by atoms with E-state index in [-0.39, 0.29) is 17.4 Å². The molecule has 0 radical (unpaired) electrons. The minimum Gasteiger partial charge on any atom is -0.352 e. The first-order chi connectivity index (χ1) is 11.0. The number of carbonyl (C=O) groups is 2. The molecule has 120 valence electrons. The normalized spacial score (nSPS) is 11.6. The molecular formula is C16H15ClFN3O2. The standard InChI is InChI=1S/C16H15ClFN3O2/c17-12-8-11(6-7-13(12)18)20-15(22)9-14(21-16(19)23)10-4-2-1-3-5-10/h1-8,14H,9H2,(H,20,22)(H3,19,21,23)/t14-/m0/s1. The summed E-state index contributed by atoms with van der Waals surface area (Å²) in [5.74, 6) is -0.933. The number of carbonyl (C=O) groups excluding carboxylic acids is 2. The Morgan fingerprint density at radius 3 is 2.48 bits per heavy atom. The Kier molecular flexibility index (Phi) is 5.54. The van der Waals surface area contributed by atoms with E-state index in [9.17, 15) is 14.0 Å². The molecule has 0 heterocycles. The fourth-order valence-corrected chi connectivity index (χ4v) is 2.26. The first-order valence-electron chi connectivity index (χ1n) is 6.81. The Morgan fingerprint density at radius 1 is 1.17 bits per heavy atom. The summed E-state index contributed by atoms with van der Waals surface area (Å²) in [6.07, 6.45) is -0.0258. The number of rotatable bonds is 5. The largest absolute Gasteiger partial charge is 0.352 e. The third-order valence-electron chi connectivity index (χ3n) is 3.11. The van der Waals surface area contributed by atoms with E-state index in [1.807, 2.05) is 6.07 Å². The van der Waals surface area contributed by atoms with Crippen LogP contribution in [0.4, 0.5) is 14.9 Å². The van der Waals surface area contributed by atoms with Crippen LogP contribution in [0.2, 0.25) is 5.02 Å². The number of nitrogens with one attached hydrogen (secondary N) is 2. The van der Waals surface area contributed by atoms with Gasteiger partial charge in [-0.3, -0.25) is 4.79 Å². The number of nitrogens with two attached hydrogens (primary N) is 1. The molecule has 0 aliphatic rings. The van der Waals surface area contributed by atoms with Crippen LogP contribution in [0.1, 0.15) is 18.0 Å². The van der Waals surface area contributed by atoms with E-state index in [1.165, 1.54) is 12.1 Å². The molecule has 4 N–H and O–H groups in total. The fraction of sp³-hybridized carbons (Fsp3) is 0.125. The highest BCUT2D eigenvalue weighted by atomic mass is 35.5. The van der Waals surface area contributed by atoms with Crippen molar-refractivity contribution in [2.45, 2.75) is 12.5 Å². The molecule has 0 aliphatic heterocycles. The van der Waals surface area contributed by atoms with Crippen molar-refractivity contribution in [1.29, 1.82) is 0 Å². The number of anilines is 1. The van der Waals surface area contributed by atoms with Crippen molar-refractivity contribution in [3.8, 4) is 0 Å². The minimum absolute atomic E-state index is 0.0258. The molecule has 0 bridgehead atoms. The molecule has 3 amide bonds. The SMILES string of the molecule is NC(=O)N[C@@H](CC(=O)Nc1ccc(F)c(Cl)c1)c1ccccc1. The third-order valence-corrected chi connectivity index (χ3v) is 3.40. The van der Waals surface area contributed by atoms with E-state index in [0.29, 0.717) is 5.69 Å². The van der Waals surface area contributed by atoms with Crippen LogP contribution in [0.25, 0.3) is 0 Å². The average molecular weight is 336 g/mol. The number of urea groups is 1. The highest BCUT2D eigenvalue weighted by molar-refractivity contribution is 6.31. The maximum absolute atomic E-state index is 13.1. The lowest BCUT2D eigenvalue weighted by Gasteiger charge is -2.17. The predicted molar refractivity (Wildman–Crippen MR) is 86.6 cm³/mol. The molecule has 1 atom stereocenters. The van der Waals surface area contributed by atoms with Crippen LogP contribution in [-0.2, 0) is 4.79 Å². The molecule has 0 saturated heterocycles. The summed E-state index contributed by atoms with van der Waals surface area (Å²) in [6.45, 7) is 0. The molecule has 0 saturated carbocycles. The second-order valence-corrected chi connectivity index (χ2v) is 5.26. The van der Waals surface area contributed by atoms with Gasteiger partial charge in [0, 0.05) is 5.69 Å². The van der Waals surface area contributed by atoms with Gasteiger partial charge in [0.2, 0.25) is 5.91 Å². The van der Waals surface area contributed by atoms with Crippen LogP contribution < -0.4 is 16.4 Å². The van der Waals surface area contributed by atoms with Crippen molar-refractivity contribution in [2.75, 3.05) is 5.32 Å². The van der Waals surface area contributed by atoms with E-state index in [2.05, 4.69) is 10.6 Å². The highest BCUT2D eigenvalue weighted by Gasteiger charge is 2.17. The lowest BCUT2D eigenvalue weighted by molar-refractivity contribution is -0.116. The third kappa shape index (κ3) is 4.96. The smallest absolute Gasteiger partial charge is 0.312 e. The van der Waals surface area contributed by atoms with Crippen molar-refractivity contribution >= 4 is 29.2 Å². The van der Waals surface area contributed by atoms with Crippen molar-refractivity contribution < 1.29 is 14.0 Å². The van der Waals surface area contributed by atoms with Crippen LogP contribution in [0, 0.1) is 5.82 Å². The van der Waals surface area contributed by atoms with Crippen LogP contribution in [0.3, 0.4) is 0 Å². The van der Waals surface area contributed by atoms with Crippen molar-refractivity contribution in [1.82, 2.24) is 5.32 Å². The van der Waals surface area contributed by atoms with Gasteiger partial charge in [-0.25, -0.2) is 9.18 Å². The van der Waals surface area contributed by atoms with Crippen LogP contribution in [0.15, 0.2) is 48.5 Å². The van der Waals surface area contributed by atoms with Gasteiger partial charge >= 0.3 is 6.03 Å². The van der Waals surface area contributed by atoms with Gasteiger partial charge in [-0.15, -0.1) is 0 Å². The molecule has 2 aromatic carbocycles. The molecule has 0 fully saturated rings. The van der Waals surface area contributed by atoms with Gasteiger partial charge in [0.05, 0.1) is 17.5 Å². The molecule has 2 aromatic rings. The second kappa shape index (κ2) is 7.60. The Morgan fingerprint density at radius 2 is 1.87 bits per heavy atom. The Hall–Kier alpha value is -2.60. The van der Waals surface area contributed by atoms with Gasteiger partial charge in [0.25, 0.3) is 0 Å². The summed E-state index contributed by atoms with van der Waals surface area (Å²) in [4.78, 5) is 23.3. The van der Waals surface area contributed by atoms with Gasteiger partial charge in [-0.1, -0.05) is 41.9 Å². The molecule has 7 heteroatoms. The molecule has 0 aliphatic carbocycles. The molecule has 0 aromatic heterocycles. The van der Waals surface area contributed by atoms with Gasteiger partial charge in [-0.2, -0.15) is 0 Å². The van der Waals surface area contributed by atoms with Crippen molar-refractivity contribution in [2.24, 2.45) is 5.73 Å². The average Bonchev–Trinajstić information content (AvgIpc) is 2.51. The number of primary amides is 1. The topological polar surface area (TPSA) is 84.2 Å². The zero-order valence-corrected chi connectivity index (χ0v) is 12.8. The number of benzene rings is 2. The molecule has 2 rings (SSSR count). The molecule has 5 nitrogen and oxygen atoms in total. The first kappa shape index (κ1) is 16.8. The van der Waals surface area contributed by atoms with Crippen LogP contribution in [0.5, 0.6) is 0 Å². The zero-order chi connectivity index (χ0) is 16.8. The van der Waals surface area contributed by atoms with Gasteiger partial charge in [-0.05, 0) is 23.8 Å². The molecule has 0 spiro atoms. The molecule has 0 unspecified atom stereocenters. The maximum Gasteiger partial charge on any atom is 0.312 e. The summed E-state index contributed by atoms with van der Waals surface area (Å²) in [5, 5.41) is 5.04. The first-order valence-corrected chi connectivity index (χ1v) is 7.19. The Bertz CT molecular complexity index is 710. The van der Waals surface area contributed by atoms with Gasteiger partial charge in [0.1, 0.15) is 5.82 Å². The maximum atomic E-state index is 13.1. The van der Waals surface area contributed by atoms with Crippen LogP contribution in [-0.4, -0.2) is 11.9 Å². The molecule has 23 heavy (non-hydrogen) atoms. The fourth-order valence-electron chi connectivity index (χ4n) is 2.08. The second-order valence-electron chi connectivity index (χ2n) is 4.85. The van der Waals surface area contributed by atoms with E-state index >= 15 is 0 Å². The Balaban J connectivity index is 2.08. The summed E-state index contributed by atoms with van der Waals surface area (Å²) in [5.41, 5.74) is 6.27. The summed E-state index contributed by atoms with van der Waals surface area (Å²) < 4.78 is 13.1. The summed E-state index contributed by atoms with van der Waals surface area (Å²) in [7, 11) is 0. The predicted octanol–water partition coefficient (Wildman–Crippen LogP) is 3.22. The number of halogens is 2. The summed E-state index contributed by atoms with van der Waals surface area (Å²) >= 11 is 5.67. The highest BCUT2D eigenvalue weighted by Crippen LogP contribution is 2.21. The van der Waals surface area contributed by atoms with Crippen LogP contribution >= 0.6 is 11.6 Å². The van der Waals surface area contributed by atoms with Crippen molar-refractivity contribution in [3.63, 3.8) is 0 Å². The van der Waals surface area contributed by atoms with E-state index < -0.39 is 17.9 Å². The number of hydrogen-bond acceptors (Lipinski definition) is 2. The zero-order valence-electron chi connectivity index (χ0n) is 12.1. The summed E-state index contributed by atoms with van der Waals surface area (Å²) in [6, 6.07) is 11.6.